The third-order valence-electron chi connectivity index (χ3n) is 2.31. The van der Waals surface area contributed by atoms with Crippen LogP contribution >= 0.6 is 0 Å². The third kappa shape index (κ3) is 2.81. The molecule has 0 spiro atoms. The predicted octanol–water partition coefficient (Wildman–Crippen LogP) is 2.19. The Labute approximate surface area is 94.8 Å². The SMILES string of the molecule is OCc1cccc(CNc2ccccn2)c1. The fraction of sp³-hybridized carbons (Fsp3) is 0.154. The molecular weight excluding hydrogens is 200 g/mol. The van der Waals surface area contributed by atoms with Crippen LogP contribution in [0.25, 0.3) is 0 Å². The van der Waals surface area contributed by atoms with Gasteiger partial charge < -0.3 is 10.4 Å². The summed E-state index contributed by atoms with van der Waals surface area (Å²) in [6, 6.07) is 13.6. The standard InChI is InChI=1S/C13H14N2O/c16-10-12-5-3-4-11(8-12)9-15-13-6-1-2-7-14-13/h1-8,16H,9-10H2,(H,14,15). The van der Waals surface area contributed by atoms with E-state index < -0.39 is 0 Å². The van der Waals surface area contributed by atoms with Crippen LogP contribution in [0, 0.1) is 0 Å². The van der Waals surface area contributed by atoms with Gasteiger partial charge in [0.2, 0.25) is 0 Å². The van der Waals surface area contributed by atoms with E-state index in [1.54, 1.807) is 6.20 Å². The first-order chi connectivity index (χ1) is 7.88. The van der Waals surface area contributed by atoms with Gasteiger partial charge in [0.25, 0.3) is 0 Å². The zero-order valence-corrected chi connectivity index (χ0v) is 8.93. The quantitative estimate of drug-likeness (QED) is 0.820. The summed E-state index contributed by atoms with van der Waals surface area (Å²) in [4.78, 5) is 4.18. The van der Waals surface area contributed by atoms with Crippen LogP contribution in [0.4, 0.5) is 5.82 Å². The Morgan fingerprint density at radius 3 is 2.69 bits per heavy atom. The van der Waals surface area contributed by atoms with E-state index in [2.05, 4.69) is 10.3 Å². The highest BCUT2D eigenvalue weighted by Gasteiger charge is 1.96. The molecule has 2 N–H and O–H groups in total. The molecule has 82 valence electrons. The van der Waals surface area contributed by atoms with E-state index in [0.29, 0.717) is 6.54 Å². The van der Waals surface area contributed by atoms with Gasteiger partial charge in [0.1, 0.15) is 5.82 Å². The van der Waals surface area contributed by atoms with Crippen molar-refractivity contribution < 1.29 is 5.11 Å². The lowest BCUT2D eigenvalue weighted by Crippen LogP contribution is -2.01. The van der Waals surface area contributed by atoms with Gasteiger partial charge in [-0.2, -0.15) is 0 Å². The lowest BCUT2D eigenvalue weighted by Gasteiger charge is -2.06. The molecule has 0 fully saturated rings. The minimum Gasteiger partial charge on any atom is -0.392 e. The molecule has 3 heteroatoms. The average molecular weight is 214 g/mol. The fourth-order valence-electron chi connectivity index (χ4n) is 1.50. The number of aliphatic hydroxyl groups is 1. The molecule has 0 radical (unpaired) electrons. The minimum atomic E-state index is 0.0808. The van der Waals surface area contributed by atoms with Gasteiger partial charge in [0.05, 0.1) is 6.61 Å². The van der Waals surface area contributed by atoms with Crippen LogP contribution < -0.4 is 5.32 Å². The number of anilines is 1. The minimum absolute atomic E-state index is 0.0808. The maximum absolute atomic E-state index is 9.01. The van der Waals surface area contributed by atoms with Crippen molar-refractivity contribution in [3.8, 4) is 0 Å². The molecule has 0 aliphatic heterocycles. The largest absolute Gasteiger partial charge is 0.392 e. The van der Waals surface area contributed by atoms with Crippen molar-refractivity contribution in [2.75, 3.05) is 5.32 Å². The number of aliphatic hydroxyl groups excluding tert-OH is 1. The van der Waals surface area contributed by atoms with E-state index in [1.807, 2.05) is 42.5 Å². The average Bonchev–Trinajstić information content (AvgIpc) is 2.38. The second kappa shape index (κ2) is 5.28. The van der Waals surface area contributed by atoms with E-state index in [0.717, 1.165) is 16.9 Å². The molecule has 0 unspecified atom stereocenters. The summed E-state index contributed by atoms with van der Waals surface area (Å²) in [6.07, 6.45) is 1.76. The van der Waals surface area contributed by atoms with Crippen molar-refractivity contribution in [1.82, 2.24) is 4.98 Å². The fourth-order valence-corrected chi connectivity index (χ4v) is 1.50. The predicted molar refractivity (Wildman–Crippen MR) is 63.9 cm³/mol. The van der Waals surface area contributed by atoms with Crippen molar-refractivity contribution in [1.29, 1.82) is 0 Å². The van der Waals surface area contributed by atoms with Crippen molar-refractivity contribution in [3.05, 3.63) is 59.8 Å². The molecule has 0 bridgehead atoms. The van der Waals surface area contributed by atoms with Crippen LogP contribution in [0.3, 0.4) is 0 Å². The summed E-state index contributed by atoms with van der Waals surface area (Å²) >= 11 is 0. The Kier molecular flexibility index (Phi) is 3.51. The Morgan fingerprint density at radius 2 is 1.94 bits per heavy atom. The Bertz CT molecular complexity index is 443. The van der Waals surface area contributed by atoms with E-state index in [-0.39, 0.29) is 6.61 Å². The van der Waals surface area contributed by atoms with Crippen LogP contribution in [0.15, 0.2) is 48.7 Å². The normalized spacial score (nSPS) is 10.1. The van der Waals surface area contributed by atoms with Crippen molar-refractivity contribution in [2.24, 2.45) is 0 Å². The molecule has 0 aliphatic rings. The number of aromatic nitrogens is 1. The van der Waals surface area contributed by atoms with Gasteiger partial charge >= 0.3 is 0 Å². The van der Waals surface area contributed by atoms with Gasteiger partial charge in [-0.3, -0.25) is 0 Å². The van der Waals surface area contributed by atoms with Gasteiger partial charge in [-0.05, 0) is 23.3 Å². The van der Waals surface area contributed by atoms with E-state index >= 15 is 0 Å². The molecule has 2 rings (SSSR count). The molecule has 0 saturated carbocycles. The summed E-state index contributed by atoms with van der Waals surface area (Å²) in [5.74, 6) is 0.858. The van der Waals surface area contributed by atoms with Gasteiger partial charge in [0.15, 0.2) is 0 Å². The van der Waals surface area contributed by atoms with Gasteiger partial charge in [-0.15, -0.1) is 0 Å². The lowest BCUT2D eigenvalue weighted by atomic mass is 10.1. The zero-order chi connectivity index (χ0) is 11.2. The number of benzene rings is 1. The smallest absolute Gasteiger partial charge is 0.126 e. The first-order valence-corrected chi connectivity index (χ1v) is 5.22. The van der Waals surface area contributed by atoms with Crippen LogP contribution in [-0.4, -0.2) is 10.1 Å². The van der Waals surface area contributed by atoms with Crippen LogP contribution in [0.1, 0.15) is 11.1 Å². The topological polar surface area (TPSA) is 45.1 Å². The molecule has 1 heterocycles. The molecule has 0 atom stereocenters. The number of nitrogens with zero attached hydrogens (tertiary/aromatic N) is 1. The van der Waals surface area contributed by atoms with Crippen molar-refractivity contribution in [2.45, 2.75) is 13.2 Å². The van der Waals surface area contributed by atoms with E-state index in [4.69, 9.17) is 5.11 Å². The number of rotatable bonds is 4. The van der Waals surface area contributed by atoms with E-state index in [9.17, 15) is 0 Å². The molecule has 0 saturated heterocycles. The first-order valence-electron chi connectivity index (χ1n) is 5.22. The number of hydrogen-bond donors (Lipinski definition) is 2. The lowest BCUT2D eigenvalue weighted by molar-refractivity contribution is 0.281. The summed E-state index contributed by atoms with van der Waals surface area (Å²) in [5.41, 5.74) is 2.07. The second-order valence-electron chi connectivity index (χ2n) is 3.55. The molecule has 1 aromatic carbocycles. The summed E-state index contributed by atoms with van der Waals surface area (Å²) < 4.78 is 0. The highest BCUT2D eigenvalue weighted by Crippen LogP contribution is 2.08. The summed E-state index contributed by atoms with van der Waals surface area (Å²) in [5, 5.41) is 12.2. The molecule has 0 aliphatic carbocycles. The molecular formula is C13H14N2O. The van der Waals surface area contributed by atoms with Crippen molar-refractivity contribution in [3.63, 3.8) is 0 Å². The van der Waals surface area contributed by atoms with E-state index in [1.165, 1.54) is 0 Å². The molecule has 3 nitrogen and oxygen atoms in total. The van der Waals surface area contributed by atoms with Crippen LogP contribution in [-0.2, 0) is 13.2 Å². The van der Waals surface area contributed by atoms with Crippen molar-refractivity contribution >= 4 is 5.82 Å². The maximum Gasteiger partial charge on any atom is 0.126 e. The third-order valence-corrected chi connectivity index (χ3v) is 2.31. The monoisotopic (exact) mass is 214 g/mol. The number of nitrogens with one attached hydrogen (secondary N) is 1. The number of pyridine rings is 1. The first kappa shape index (κ1) is 10.6. The number of hydrogen-bond acceptors (Lipinski definition) is 3. The Hall–Kier alpha value is -1.87. The van der Waals surface area contributed by atoms with Crippen LogP contribution in [0.2, 0.25) is 0 Å². The van der Waals surface area contributed by atoms with Crippen LogP contribution in [0.5, 0.6) is 0 Å². The van der Waals surface area contributed by atoms with Gasteiger partial charge in [-0.25, -0.2) is 4.98 Å². The van der Waals surface area contributed by atoms with Gasteiger partial charge in [-0.1, -0.05) is 30.3 Å². The van der Waals surface area contributed by atoms with Gasteiger partial charge in [0, 0.05) is 12.7 Å². The summed E-state index contributed by atoms with van der Waals surface area (Å²) in [6.45, 7) is 0.794. The summed E-state index contributed by atoms with van der Waals surface area (Å²) in [7, 11) is 0. The Balaban J connectivity index is 1.99. The molecule has 2 aromatic rings. The maximum atomic E-state index is 9.01. The molecule has 16 heavy (non-hydrogen) atoms. The molecule has 1 aromatic heterocycles. The second-order valence-corrected chi connectivity index (χ2v) is 3.55. The zero-order valence-electron chi connectivity index (χ0n) is 8.93. The highest BCUT2D eigenvalue weighted by atomic mass is 16.3. The highest BCUT2D eigenvalue weighted by molar-refractivity contribution is 5.35. The Morgan fingerprint density at radius 1 is 1.06 bits per heavy atom. The molecule has 0 amide bonds.